The van der Waals surface area contributed by atoms with Crippen LogP contribution in [0.15, 0.2) is 54.6 Å². The Bertz CT molecular complexity index is 796. The van der Waals surface area contributed by atoms with Crippen LogP contribution >= 0.6 is 0 Å². The second kappa shape index (κ2) is 10.1. The number of methoxy groups -OCH3 is 1. The molecule has 0 aliphatic heterocycles. The predicted molar refractivity (Wildman–Crippen MR) is 104 cm³/mol. The number of anilines is 1. The Morgan fingerprint density at radius 2 is 1.85 bits per heavy atom. The zero-order valence-corrected chi connectivity index (χ0v) is 15.6. The van der Waals surface area contributed by atoms with E-state index in [1.165, 1.54) is 6.08 Å². The first-order valence-corrected chi connectivity index (χ1v) is 8.50. The Kier molecular flexibility index (Phi) is 7.58. The standard InChI is InChI=1S/C21H23NO5/c1-15(2)27-21(24)17-5-4-6-18(13-17)22-20(23)12-9-16-7-10-19(11-8-16)26-14-25-3/h4-13,15H,14H2,1-3H3,(H,22,23)/b12-9+. The van der Waals surface area contributed by atoms with E-state index < -0.39 is 5.97 Å². The van der Waals surface area contributed by atoms with Gasteiger partial charge < -0.3 is 19.5 Å². The minimum absolute atomic E-state index is 0.182. The van der Waals surface area contributed by atoms with Crippen LogP contribution in [0.1, 0.15) is 29.8 Å². The van der Waals surface area contributed by atoms with Gasteiger partial charge in [-0.25, -0.2) is 4.79 Å². The zero-order valence-electron chi connectivity index (χ0n) is 15.6. The van der Waals surface area contributed by atoms with Crippen LogP contribution in [0.4, 0.5) is 5.69 Å². The lowest BCUT2D eigenvalue weighted by Crippen LogP contribution is -2.13. The summed E-state index contributed by atoms with van der Waals surface area (Å²) in [4.78, 5) is 24.0. The monoisotopic (exact) mass is 369 g/mol. The summed E-state index contributed by atoms with van der Waals surface area (Å²) in [6.45, 7) is 3.75. The van der Waals surface area contributed by atoms with E-state index in [1.54, 1.807) is 63.4 Å². The van der Waals surface area contributed by atoms with Gasteiger partial charge in [0.25, 0.3) is 0 Å². The molecule has 0 aliphatic rings. The number of carbonyl (C=O) groups excluding carboxylic acids is 2. The number of hydrogen-bond donors (Lipinski definition) is 1. The fourth-order valence-corrected chi connectivity index (χ4v) is 2.16. The van der Waals surface area contributed by atoms with Gasteiger partial charge >= 0.3 is 5.97 Å². The SMILES string of the molecule is COCOc1ccc(/C=C/C(=O)Nc2cccc(C(=O)OC(C)C)c2)cc1. The summed E-state index contributed by atoms with van der Waals surface area (Å²) >= 11 is 0. The average molecular weight is 369 g/mol. The van der Waals surface area contributed by atoms with Gasteiger partial charge in [0, 0.05) is 18.9 Å². The molecule has 6 heteroatoms. The van der Waals surface area contributed by atoms with Crippen molar-refractivity contribution in [2.45, 2.75) is 20.0 Å². The highest BCUT2D eigenvalue weighted by Gasteiger charge is 2.10. The summed E-state index contributed by atoms with van der Waals surface area (Å²) < 4.78 is 15.3. The van der Waals surface area contributed by atoms with Gasteiger partial charge in [0.1, 0.15) is 5.75 Å². The summed E-state index contributed by atoms with van der Waals surface area (Å²) in [5, 5.41) is 2.73. The Hall–Kier alpha value is -3.12. The third-order valence-electron chi connectivity index (χ3n) is 3.36. The molecule has 0 unspecified atom stereocenters. The zero-order chi connectivity index (χ0) is 19.6. The maximum absolute atomic E-state index is 12.1. The lowest BCUT2D eigenvalue weighted by Gasteiger charge is -2.09. The lowest BCUT2D eigenvalue weighted by molar-refractivity contribution is -0.111. The molecule has 6 nitrogen and oxygen atoms in total. The van der Waals surface area contributed by atoms with E-state index in [-0.39, 0.29) is 18.8 Å². The normalized spacial score (nSPS) is 10.8. The molecule has 0 aliphatic carbocycles. The van der Waals surface area contributed by atoms with Gasteiger partial charge in [0.15, 0.2) is 6.79 Å². The van der Waals surface area contributed by atoms with Crippen molar-refractivity contribution in [3.63, 3.8) is 0 Å². The van der Waals surface area contributed by atoms with Crippen molar-refractivity contribution in [1.82, 2.24) is 0 Å². The van der Waals surface area contributed by atoms with Crippen LogP contribution in [-0.2, 0) is 14.3 Å². The van der Waals surface area contributed by atoms with Crippen molar-refractivity contribution in [2.75, 3.05) is 19.2 Å². The third-order valence-corrected chi connectivity index (χ3v) is 3.36. The highest BCUT2D eigenvalue weighted by atomic mass is 16.7. The number of hydrogen-bond acceptors (Lipinski definition) is 5. The lowest BCUT2D eigenvalue weighted by atomic mass is 10.2. The van der Waals surface area contributed by atoms with E-state index in [0.717, 1.165) is 5.56 Å². The number of benzene rings is 2. The van der Waals surface area contributed by atoms with Crippen LogP contribution in [0.2, 0.25) is 0 Å². The van der Waals surface area contributed by atoms with Crippen LogP contribution in [0.5, 0.6) is 5.75 Å². The first-order valence-electron chi connectivity index (χ1n) is 8.50. The van der Waals surface area contributed by atoms with E-state index in [2.05, 4.69) is 5.32 Å². The van der Waals surface area contributed by atoms with Gasteiger partial charge in [-0.3, -0.25) is 4.79 Å². The number of amides is 1. The molecule has 0 bridgehead atoms. The van der Waals surface area contributed by atoms with Gasteiger partial charge in [-0.15, -0.1) is 0 Å². The Labute approximate surface area is 158 Å². The van der Waals surface area contributed by atoms with Crippen LogP contribution in [0.3, 0.4) is 0 Å². The van der Waals surface area contributed by atoms with Gasteiger partial charge in [-0.2, -0.15) is 0 Å². The third kappa shape index (κ3) is 6.95. The molecule has 1 N–H and O–H groups in total. The summed E-state index contributed by atoms with van der Waals surface area (Å²) in [6.07, 6.45) is 2.90. The van der Waals surface area contributed by atoms with Gasteiger partial charge in [0.2, 0.25) is 5.91 Å². The maximum Gasteiger partial charge on any atom is 0.338 e. The summed E-state index contributed by atoms with van der Waals surface area (Å²) in [6, 6.07) is 13.9. The van der Waals surface area contributed by atoms with Crippen molar-refractivity contribution in [3.8, 4) is 5.75 Å². The number of carbonyl (C=O) groups is 2. The number of ether oxygens (including phenoxy) is 3. The van der Waals surface area contributed by atoms with Crippen LogP contribution in [0.25, 0.3) is 6.08 Å². The van der Waals surface area contributed by atoms with E-state index in [9.17, 15) is 9.59 Å². The molecule has 0 radical (unpaired) electrons. The minimum Gasteiger partial charge on any atom is -0.468 e. The molecule has 27 heavy (non-hydrogen) atoms. The summed E-state index contributed by atoms with van der Waals surface area (Å²) in [5.74, 6) is -0.0416. The molecule has 2 rings (SSSR count). The number of rotatable bonds is 8. The van der Waals surface area contributed by atoms with Crippen molar-refractivity contribution in [1.29, 1.82) is 0 Å². The fraction of sp³-hybridized carbons (Fsp3) is 0.238. The second-order valence-corrected chi connectivity index (χ2v) is 5.98. The fourth-order valence-electron chi connectivity index (χ4n) is 2.16. The number of nitrogens with one attached hydrogen (secondary N) is 1. The highest BCUT2D eigenvalue weighted by Crippen LogP contribution is 2.15. The number of esters is 1. The van der Waals surface area contributed by atoms with Crippen molar-refractivity contribution in [3.05, 3.63) is 65.7 Å². The smallest absolute Gasteiger partial charge is 0.338 e. The molecule has 2 aromatic rings. The molecule has 0 saturated heterocycles. The molecule has 142 valence electrons. The van der Waals surface area contributed by atoms with Crippen molar-refractivity contribution >= 4 is 23.6 Å². The Morgan fingerprint density at radius 1 is 1.11 bits per heavy atom. The second-order valence-electron chi connectivity index (χ2n) is 5.98. The molecule has 0 saturated carbocycles. The molecular formula is C21H23NO5. The molecule has 0 fully saturated rings. The first-order chi connectivity index (χ1) is 13.0. The average Bonchev–Trinajstić information content (AvgIpc) is 2.65. The predicted octanol–water partition coefficient (Wildman–Crippen LogP) is 3.89. The summed E-state index contributed by atoms with van der Waals surface area (Å²) in [7, 11) is 1.55. The van der Waals surface area contributed by atoms with Gasteiger partial charge in [-0.1, -0.05) is 18.2 Å². The first kappa shape index (κ1) is 20.2. The molecule has 0 atom stereocenters. The van der Waals surface area contributed by atoms with E-state index in [4.69, 9.17) is 14.2 Å². The maximum atomic E-state index is 12.1. The van der Waals surface area contributed by atoms with E-state index in [1.807, 2.05) is 12.1 Å². The summed E-state index contributed by atoms with van der Waals surface area (Å²) in [5.41, 5.74) is 1.76. The quantitative estimate of drug-likeness (QED) is 0.434. The topological polar surface area (TPSA) is 73.9 Å². The van der Waals surface area contributed by atoms with Crippen LogP contribution in [-0.4, -0.2) is 31.9 Å². The largest absolute Gasteiger partial charge is 0.468 e. The van der Waals surface area contributed by atoms with Gasteiger partial charge in [0.05, 0.1) is 11.7 Å². The molecule has 0 spiro atoms. The van der Waals surface area contributed by atoms with Gasteiger partial charge in [-0.05, 0) is 55.8 Å². The molecular weight excluding hydrogens is 346 g/mol. The molecule has 0 aromatic heterocycles. The highest BCUT2D eigenvalue weighted by molar-refractivity contribution is 6.02. The van der Waals surface area contributed by atoms with Crippen molar-refractivity contribution < 1.29 is 23.8 Å². The van der Waals surface area contributed by atoms with Crippen LogP contribution in [0, 0.1) is 0 Å². The Balaban J connectivity index is 1.95. The molecule has 1 amide bonds. The van der Waals surface area contributed by atoms with Crippen molar-refractivity contribution in [2.24, 2.45) is 0 Å². The molecule has 0 heterocycles. The van der Waals surface area contributed by atoms with Crippen LogP contribution < -0.4 is 10.1 Å². The Morgan fingerprint density at radius 3 is 2.52 bits per heavy atom. The minimum atomic E-state index is -0.424. The van der Waals surface area contributed by atoms with E-state index in [0.29, 0.717) is 17.0 Å². The van der Waals surface area contributed by atoms with E-state index >= 15 is 0 Å². The molecule has 2 aromatic carbocycles.